The second-order valence-electron chi connectivity index (χ2n) is 5.23. The normalized spacial score (nSPS) is 17.3. The first kappa shape index (κ1) is 14.0. The number of hydrogen-bond acceptors (Lipinski definition) is 3. The first-order valence-electron chi connectivity index (χ1n) is 6.62. The van der Waals surface area contributed by atoms with Crippen LogP contribution in [0.15, 0.2) is 12.1 Å². The number of carbonyl (C=O) groups is 1. The Morgan fingerprint density at radius 3 is 2.72 bits per heavy atom. The first-order chi connectivity index (χ1) is 8.65. The number of Topliss-reactive ketones (excluding diaryl/α,β-unsaturated/α-hetero) is 1. The highest BCUT2D eigenvalue weighted by Crippen LogP contribution is 2.25. The van der Waals surface area contributed by atoms with Crippen molar-refractivity contribution in [2.24, 2.45) is 5.92 Å². The Hall–Kier alpha value is -0.380. The van der Waals surface area contributed by atoms with Gasteiger partial charge in [0.2, 0.25) is 0 Å². The van der Waals surface area contributed by atoms with Crippen molar-refractivity contribution >= 4 is 28.7 Å². The third-order valence-corrected chi connectivity index (χ3v) is 4.83. The zero-order valence-corrected chi connectivity index (χ0v) is 12.4. The highest BCUT2D eigenvalue weighted by Gasteiger charge is 2.17. The van der Waals surface area contributed by atoms with Crippen molar-refractivity contribution in [1.82, 2.24) is 4.90 Å². The Bertz CT molecular complexity index is 398. The molecule has 0 bridgehead atoms. The van der Waals surface area contributed by atoms with Crippen molar-refractivity contribution in [3.8, 4) is 0 Å². The van der Waals surface area contributed by atoms with Crippen molar-refractivity contribution in [3.63, 3.8) is 0 Å². The Balaban J connectivity index is 1.79. The summed E-state index contributed by atoms with van der Waals surface area (Å²) in [5.41, 5.74) is 0. The van der Waals surface area contributed by atoms with Crippen LogP contribution in [0.25, 0.3) is 0 Å². The van der Waals surface area contributed by atoms with Crippen molar-refractivity contribution < 1.29 is 4.79 Å². The van der Waals surface area contributed by atoms with Crippen molar-refractivity contribution in [1.29, 1.82) is 0 Å². The molecule has 100 valence electrons. The van der Waals surface area contributed by atoms with E-state index in [0.717, 1.165) is 17.3 Å². The number of carbonyl (C=O) groups excluding carboxylic acids is 1. The molecule has 2 rings (SSSR count). The molecule has 2 nitrogen and oxygen atoms in total. The van der Waals surface area contributed by atoms with Crippen LogP contribution in [0.2, 0.25) is 4.34 Å². The van der Waals surface area contributed by atoms with Gasteiger partial charge in [0, 0.05) is 6.54 Å². The van der Waals surface area contributed by atoms with E-state index in [0.29, 0.717) is 10.9 Å². The monoisotopic (exact) mass is 285 g/mol. The molecule has 18 heavy (non-hydrogen) atoms. The molecule has 1 aromatic heterocycles. The van der Waals surface area contributed by atoms with Gasteiger partial charge in [-0.1, -0.05) is 30.9 Å². The molecule has 0 aromatic carbocycles. The molecule has 0 saturated heterocycles. The zero-order valence-electron chi connectivity index (χ0n) is 10.8. The average Bonchev–Trinajstić information content (AvgIpc) is 2.77. The van der Waals surface area contributed by atoms with Gasteiger partial charge < -0.3 is 0 Å². The van der Waals surface area contributed by atoms with Gasteiger partial charge in [-0.15, -0.1) is 11.3 Å². The van der Waals surface area contributed by atoms with Crippen LogP contribution in [0.1, 0.15) is 41.8 Å². The fraction of sp³-hybridized carbons (Fsp3) is 0.643. The van der Waals surface area contributed by atoms with Crippen LogP contribution in [0, 0.1) is 5.92 Å². The SMILES string of the molecule is CN(CC(=O)c1ccc(Cl)s1)CC1CCCCC1. The maximum Gasteiger partial charge on any atom is 0.186 e. The molecule has 0 unspecified atom stereocenters. The van der Waals surface area contributed by atoms with Crippen LogP contribution in [0.3, 0.4) is 0 Å². The van der Waals surface area contributed by atoms with E-state index in [1.165, 1.54) is 43.4 Å². The minimum Gasteiger partial charge on any atom is -0.299 e. The van der Waals surface area contributed by atoms with Gasteiger partial charge in [-0.3, -0.25) is 9.69 Å². The molecule has 1 heterocycles. The number of halogens is 1. The Morgan fingerprint density at radius 1 is 1.39 bits per heavy atom. The standard InChI is InChI=1S/C14H20ClNOS/c1-16(9-11-5-3-2-4-6-11)10-12(17)13-7-8-14(15)18-13/h7-8,11H,2-6,9-10H2,1H3. The molecule has 1 saturated carbocycles. The van der Waals surface area contributed by atoms with E-state index in [4.69, 9.17) is 11.6 Å². The topological polar surface area (TPSA) is 20.3 Å². The summed E-state index contributed by atoms with van der Waals surface area (Å²) in [6.07, 6.45) is 6.74. The molecule has 1 fully saturated rings. The van der Waals surface area contributed by atoms with E-state index in [-0.39, 0.29) is 5.78 Å². The fourth-order valence-corrected chi connectivity index (χ4v) is 3.64. The van der Waals surface area contributed by atoms with Crippen LogP contribution >= 0.6 is 22.9 Å². The third kappa shape index (κ3) is 4.08. The minimum atomic E-state index is 0.185. The lowest BCUT2D eigenvalue weighted by molar-refractivity contribution is 0.0936. The van der Waals surface area contributed by atoms with Gasteiger partial charge in [0.1, 0.15) is 0 Å². The fourth-order valence-electron chi connectivity index (χ4n) is 2.66. The third-order valence-electron chi connectivity index (χ3n) is 3.56. The molecule has 1 aliphatic rings. The van der Waals surface area contributed by atoms with Gasteiger partial charge in [-0.05, 0) is 37.9 Å². The van der Waals surface area contributed by atoms with Gasteiger partial charge in [-0.25, -0.2) is 0 Å². The number of nitrogens with zero attached hydrogens (tertiary/aromatic N) is 1. The summed E-state index contributed by atoms with van der Waals surface area (Å²) in [6.45, 7) is 1.55. The maximum absolute atomic E-state index is 12.0. The minimum absolute atomic E-state index is 0.185. The van der Waals surface area contributed by atoms with Crippen LogP contribution in [0.4, 0.5) is 0 Å². The molecule has 1 aromatic rings. The summed E-state index contributed by atoms with van der Waals surface area (Å²) in [6, 6.07) is 3.62. The largest absolute Gasteiger partial charge is 0.299 e. The van der Waals surface area contributed by atoms with Crippen LogP contribution in [0.5, 0.6) is 0 Å². The summed E-state index contributed by atoms with van der Waals surface area (Å²) in [4.78, 5) is 15.0. The summed E-state index contributed by atoms with van der Waals surface area (Å²) >= 11 is 7.22. The van der Waals surface area contributed by atoms with E-state index in [1.807, 2.05) is 13.1 Å². The lowest BCUT2D eigenvalue weighted by Gasteiger charge is -2.26. The van der Waals surface area contributed by atoms with Gasteiger partial charge in [0.15, 0.2) is 5.78 Å². The van der Waals surface area contributed by atoms with Crippen LogP contribution in [-0.2, 0) is 0 Å². The first-order valence-corrected chi connectivity index (χ1v) is 7.81. The predicted octanol–water partition coefficient (Wildman–Crippen LogP) is 4.10. The average molecular weight is 286 g/mol. The van der Waals surface area contributed by atoms with Crippen LogP contribution in [-0.4, -0.2) is 30.8 Å². The molecule has 0 atom stereocenters. The highest BCUT2D eigenvalue weighted by molar-refractivity contribution is 7.18. The molecule has 4 heteroatoms. The number of ketones is 1. The zero-order chi connectivity index (χ0) is 13.0. The van der Waals surface area contributed by atoms with Gasteiger partial charge in [0.05, 0.1) is 15.8 Å². The summed E-state index contributed by atoms with van der Waals surface area (Å²) in [7, 11) is 2.04. The summed E-state index contributed by atoms with van der Waals surface area (Å²) in [5, 5.41) is 0. The molecule has 0 spiro atoms. The number of thiophene rings is 1. The quantitative estimate of drug-likeness (QED) is 0.759. The Kier molecular flexibility index (Phi) is 5.22. The number of likely N-dealkylation sites (N-methyl/N-ethyl adjacent to an activating group) is 1. The summed E-state index contributed by atoms with van der Waals surface area (Å²) < 4.78 is 0.688. The van der Waals surface area contributed by atoms with E-state index >= 15 is 0 Å². The van der Waals surface area contributed by atoms with E-state index < -0.39 is 0 Å². The van der Waals surface area contributed by atoms with Crippen LogP contribution < -0.4 is 0 Å². The molecule has 0 aliphatic heterocycles. The van der Waals surface area contributed by atoms with Gasteiger partial charge in [-0.2, -0.15) is 0 Å². The molecule has 1 aliphatic carbocycles. The predicted molar refractivity (Wildman–Crippen MR) is 77.7 cm³/mol. The molecular formula is C14H20ClNOS. The second-order valence-corrected chi connectivity index (χ2v) is 6.94. The summed E-state index contributed by atoms with van der Waals surface area (Å²) in [5.74, 6) is 0.966. The van der Waals surface area contributed by atoms with Crippen molar-refractivity contribution in [2.45, 2.75) is 32.1 Å². The smallest absolute Gasteiger partial charge is 0.186 e. The molecule has 0 amide bonds. The lowest BCUT2D eigenvalue weighted by atomic mass is 9.89. The number of rotatable bonds is 5. The van der Waals surface area contributed by atoms with Gasteiger partial charge in [0.25, 0.3) is 0 Å². The van der Waals surface area contributed by atoms with Crippen molar-refractivity contribution in [3.05, 3.63) is 21.3 Å². The maximum atomic E-state index is 12.0. The van der Waals surface area contributed by atoms with Crippen molar-refractivity contribution in [2.75, 3.05) is 20.1 Å². The Labute approximate surface area is 118 Å². The molecule has 0 radical (unpaired) electrons. The second kappa shape index (κ2) is 6.69. The van der Waals surface area contributed by atoms with E-state index in [9.17, 15) is 4.79 Å². The lowest BCUT2D eigenvalue weighted by Crippen LogP contribution is -2.31. The van der Waals surface area contributed by atoms with E-state index in [2.05, 4.69) is 4.90 Å². The molecule has 0 N–H and O–H groups in total. The number of hydrogen-bond donors (Lipinski definition) is 0. The van der Waals surface area contributed by atoms with Gasteiger partial charge >= 0.3 is 0 Å². The van der Waals surface area contributed by atoms with E-state index in [1.54, 1.807) is 6.07 Å². The molecular weight excluding hydrogens is 266 g/mol. The Morgan fingerprint density at radius 2 is 2.11 bits per heavy atom. The highest BCUT2D eigenvalue weighted by atomic mass is 35.5.